The minimum absolute atomic E-state index is 0.0658. The molecule has 0 fully saturated rings. The van der Waals surface area contributed by atoms with E-state index < -0.39 is 0 Å². The predicted molar refractivity (Wildman–Crippen MR) is 83.4 cm³/mol. The Hall–Kier alpha value is -1.57. The molecule has 2 heterocycles. The van der Waals surface area contributed by atoms with E-state index in [-0.39, 0.29) is 12.5 Å². The summed E-state index contributed by atoms with van der Waals surface area (Å²) in [7, 11) is 0. The van der Waals surface area contributed by atoms with Gasteiger partial charge < -0.3 is 15.4 Å². The molecule has 9 heteroatoms. The maximum absolute atomic E-state index is 11.5. The van der Waals surface area contributed by atoms with Crippen molar-refractivity contribution in [3.63, 3.8) is 0 Å². The molecule has 0 unspecified atom stereocenters. The monoisotopic (exact) mass is 346 g/mol. The van der Waals surface area contributed by atoms with Crippen LogP contribution in [0.3, 0.4) is 0 Å². The fraction of sp³-hybridized carbons (Fsp3) is 0.250. The van der Waals surface area contributed by atoms with Crippen molar-refractivity contribution >= 4 is 46.5 Å². The Morgan fingerprint density at radius 2 is 2.24 bits per heavy atom. The van der Waals surface area contributed by atoms with Crippen molar-refractivity contribution in [3.05, 3.63) is 33.8 Å². The second kappa shape index (κ2) is 8.02. The third kappa shape index (κ3) is 5.37. The highest BCUT2D eigenvalue weighted by Crippen LogP contribution is 2.21. The summed E-state index contributed by atoms with van der Waals surface area (Å²) in [6.45, 7) is 0.834. The van der Waals surface area contributed by atoms with Gasteiger partial charge in [-0.15, -0.1) is 0 Å². The number of amides is 1. The zero-order chi connectivity index (χ0) is 15.1. The first kappa shape index (κ1) is 15.8. The lowest BCUT2D eigenvalue weighted by Gasteiger charge is -2.09. The number of anilines is 1. The van der Waals surface area contributed by atoms with Crippen LogP contribution in [0.25, 0.3) is 0 Å². The molecule has 0 aliphatic rings. The van der Waals surface area contributed by atoms with Gasteiger partial charge in [-0.3, -0.25) is 4.79 Å². The van der Waals surface area contributed by atoms with Gasteiger partial charge in [0.15, 0.2) is 6.61 Å². The van der Waals surface area contributed by atoms with Crippen LogP contribution in [0.15, 0.2) is 23.7 Å². The van der Waals surface area contributed by atoms with Crippen LogP contribution in [-0.2, 0) is 4.79 Å². The number of nitrogens with one attached hydrogen (secondary N) is 2. The number of ether oxygens (including phenoxy) is 1. The highest BCUT2D eigenvalue weighted by atomic mass is 35.5. The van der Waals surface area contributed by atoms with Crippen LogP contribution in [0.5, 0.6) is 5.88 Å². The summed E-state index contributed by atoms with van der Waals surface area (Å²) >= 11 is 13.0. The molecular weight excluding hydrogens is 335 g/mol. The van der Waals surface area contributed by atoms with E-state index >= 15 is 0 Å². The average molecular weight is 347 g/mol. The number of pyridine rings is 1. The standard InChI is InChI=1S/C12H12Cl2N4O2S/c13-8-5-9(14)12(17-6-8)16-3-2-15-10(19)7-20-11-1-4-21-18-11/h1,4-6H,2-3,7H2,(H,15,19)(H,16,17). The lowest BCUT2D eigenvalue weighted by atomic mass is 10.4. The van der Waals surface area contributed by atoms with Crippen molar-refractivity contribution in [2.45, 2.75) is 0 Å². The summed E-state index contributed by atoms with van der Waals surface area (Å²) in [5.41, 5.74) is 0. The molecule has 0 saturated heterocycles. The number of halogens is 2. The van der Waals surface area contributed by atoms with Gasteiger partial charge in [0, 0.05) is 30.7 Å². The Bertz CT molecular complexity index is 595. The number of hydrogen-bond donors (Lipinski definition) is 2. The van der Waals surface area contributed by atoms with E-state index in [2.05, 4.69) is 20.0 Å². The molecule has 0 aromatic carbocycles. The molecule has 6 nitrogen and oxygen atoms in total. The summed E-state index contributed by atoms with van der Waals surface area (Å²) < 4.78 is 9.11. The molecular formula is C12H12Cl2N4O2S. The Balaban J connectivity index is 1.64. The van der Waals surface area contributed by atoms with Crippen molar-refractivity contribution in [1.29, 1.82) is 0 Å². The van der Waals surface area contributed by atoms with Crippen molar-refractivity contribution in [2.24, 2.45) is 0 Å². The second-order valence-electron chi connectivity index (χ2n) is 3.89. The maximum atomic E-state index is 11.5. The molecule has 0 aliphatic heterocycles. The maximum Gasteiger partial charge on any atom is 0.258 e. The highest BCUT2D eigenvalue weighted by Gasteiger charge is 2.04. The third-order valence-corrected chi connectivity index (χ3v) is 3.35. The van der Waals surface area contributed by atoms with Crippen molar-refractivity contribution in [2.75, 3.05) is 25.0 Å². The van der Waals surface area contributed by atoms with Gasteiger partial charge in [0.25, 0.3) is 5.91 Å². The average Bonchev–Trinajstić information content (AvgIpc) is 2.96. The van der Waals surface area contributed by atoms with Crippen LogP contribution in [0.1, 0.15) is 0 Å². The van der Waals surface area contributed by atoms with Crippen LogP contribution < -0.4 is 15.4 Å². The van der Waals surface area contributed by atoms with E-state index in [0.29, 0.717) is 34.8 Å². The lowest BCUT2D eigenvalue weighted by molar-refractivity contribution is -0.123. The number of rotatable bonds is 7. The van der Waals surface area contributed by atoms with Gasteiger partial charge >= 0.3 is 0 Å². The number of hydrogen-bond acceptors (Lipinski definition) is 6. The van der Waals surface area contributed by atoms with E-state index in [1.165, 1.54) is 17.7 Å². The SMILES string of the molecule is O=C(COc1ccsn1)NCCNc1ncc(Cl)cc1Cl. The zero-order valence-corrected chi connectivity index (χ0v) is 13.1. The molecule has 2 aromatic rings. The van der Waals surface area contributed by atoms with Gasteiger partial charge in [-0.05, 0) is 17.6 Å². The quantitative estimate of drug-likeness (QED) is 0.753. The van der Waals surface area contributed by atoms with E-state index in [1.54, 1.807) is 17.5 Å². The first-order chi connectivity index (χ1) is 10.1. The van der Waals surface area contributed by atoms with Gasteiger partial charge in [0.05, 0.1) is 10.0 Å². The Kier molecular flexibility index (Phi) is 6.04. The van der Waals surface area contributed by atoms with Gasteiger partial charge in [-0.1, -0.05) is 23.2 Å². The molecule has 0 radical (unpaired) electrons. The van der Waals surface area contributed by atoms with Crippen LogP contribution >= 0.6 is 34.7 Å². The van der Waals surface area contributed by atoms with Gasteiger partial charge in [0.2, 0.25) is 5.88 Å². The van der Waals surface area contributed by atoms with Gasteiger partial charge in [-0.2, -0.15) is 4.37 Å². The molecule has 0 bridgehead atoms. The second-order valence-corrected chi connectivity index (χ2v) is 5.40. The summed E-state index contributed by atoms with van der Waals surface area (Å²) in [6, 6.07) is 3.30. The third-order valence-electron chi connectivity index (χ3n) is 2.31. The molecule has 112 valence electrons. The molecule has 1 amide bonds. The first-order valence-electron chi connectivity index (χ1n) is 6.00. The van der Waals surface area contributed by atoms with Crippen molar-refractivity contribution in [3.8, 4) is 5.88 Å². The summed E-state index contributed by atoms with van der Waals surface area (Å²) in [4.78, 5) is 15.6. The number of carbonyl (C=O) groups excluding carboxylic acids is 1. The smallest absolute Gasteiger partial charge is 0.258 e. The Morgan fingerprint density at radius 3 is 2.95 bits per heavy atom. The largest absolute Gasteiger partial charge is 0.467 e. The van der Waals surface area contributed by atoms with Crippen LogP contribution in [0, 0.1) is 0 Å². The van der Waals surface area contributed by atoms with Gasteiger partial charge in [-0.25, -0.2) is 4.98 Å². The topological polar surface area (TPSA) is 76.1 Å². The number of carbonyl (C=O) groups is 1. The predicted octanol–water partition coefficient (Wildman–Crippen LogP) is 2.45. The minimum Gasteiger partial charge on any atom is -0.467 e. The molecule has 0 aliphatic carbocycles. The minimum atomic E-state index is -0.222. The summed E-state index contributed by atoms with van der Waals surface area (Å²) in [5, 5.41) is 8.38. The summed E-state index contributed by atoms with van der Waals surface area (Å²) in [5.74, 6) is 0.749. The number of nitrogens with zero attached hydrogens (tertiary/aromatic N) is 2. The first-order valence-corrected chi connectivity index (χ1v) is 7.59. The van der Waals surface area contributed by atoms with E-state index in [0.717, 1.165) is 0 Å². The van der Waals surface area contributed by atoms with Crippen molar-refractivity contribution in [1.82, 2.24) is 14.7 Å². The lowest BCUT2D eigenvalue weighted by Crippen LogP contribution is -2.32. The van der Waals surface area contributed by atoms with E-state index in [9.17, 15) is 4.79 Å². The highest BCUT2D eigenvalue weighted by molar-refractivity contribution is 7.03. The normalized spacial score (nSPS) is 10.2. The summed E-state index contributed by atoms with van der Waals surface area (Å²) in [6.07, 6.45) is 1.50. The van der Waals surface area contributed by atoms with E-state index in [4.69, 9.17) is 27.9 Å². The fourth-order valence-corrected chi connectivity index (χ4v) is 2.30. The molecule has 0 spiro atoms. The van der Waals surface area contributed by atoms with Crippen LogP contribution in [-0.4, -0.2) is 35.0 Å². The van der Waals surface area contributed by atoms with Crippen LogP contribution in [0.2, 0.25) is 10.0 Å². The molecule has 0 saturated carbocycles. The number of aromatic nitrogens is 2. The zero-order valence-electron chi connectivity index (χ0n) is 10.8. The molecule has 2 N–H and O–H groups in total. The fourth-order valence-electron chi connectivity index (χ4n) is 1.39. The Morgan fingerprint density at radius 1 is 1.38 bits per heavy atom. The van der Waals surface area contributed by atoms with Crippen molar-refractivity contribution < 1.29 is 9.53 Å². The molecule has 2 aromatic heterocycles. The molecule has 2 rings (SSSR count). The Labute approximate surface area is 135 Å². The van der Waals surface area contributed by atoms with Crippen LogP contribution in [0.4, 0.5) is 5.82 Å². The van der Waals surface area contributed by atoms with Gasteiger partial charge in [0.1, 0.15) is 5.82 Å². The van der Waals surface area contributed by atoms with E-state index in [1.807, 2.05) is 0 Å². The molecule has 0 atom stereocenters. The molecule has 21 heavy (non-hydrogen) atoms.